The van der Waals surface area contributed by atoms with Crippen molar-refractivity contribution in [2.45, 2.75) is 72.2 Å². The predicted octanol–water partition coefficient (Wildman–Crippen LogP) is 2.74. The van der Waals surface area contributed by atoms with Crippen molar-refractivity contribution in [3.8, 4) is 0 Å². The summed E-state index contributed by atoms with van der Waals surface area (Å²) in [7, 11) is 0. The molecule has 20 heavy (non-hydrogen) atoms. The molecular weight excluding hydrogens is 254 g/mol. The van der Waals surface area contributed by atoms with E-state index in [4.69, 9.17) is 15.2 Å². The zero-order chi connectivity index (χ0) is 15.5. The largest absolute Gasteiger partial charge is 0.460 e. The van der Waals surface area contributed by atoms with E-state index < -0.39 is 5.60 Å². The average molecular weight is 285 g/mol. The molecule has 2 N–H and O–H groups in total. The van der Waals surface area contributed by atoms with Gasteiger partial charge in [0.15, 0.2) is 0 Å². The Labute approximate surface area is 123 Å². The van der Waals surface area contributed by atoms with E-state index >= 15 is 0 Å². The summed E-state index contributed by atoms with van der Waals surface area (Å²) in [6, 6.07) is 0. The van der Waals surface area contributed by atoms with E-state index in [1.54, 1.807) is 0 Å². The van der Waals surface area contributed by atoms with Gasteiger partial charge in [0.2, 0.25) is 0 Å². The van der Waals surface area contributed by atoms with Gasteiger partial charge in [-0.3, -0.25) is 4.79 Å². The molecule has 4 heteroatoms. The summed E-state index contributed by atoms with van der Waals surface area (Å²) in [4.78, 5) is 12.3. The Morgan fingerprint density at radius 3 is 2.35 bits per heavy atom. The molecule has 0 aromatic carbocycles. The zero-order valence-electron chi connectivity index (χ0n) is 13.8. The van der Waals surface area contributed by atoms with Crippen LogP contribution in [0.2, 0.25) is 0 Å². The first kappa shape index (κ1) is 17.4. The predicted molar refractivity (Wildman–Crippen MR) is 80.3 cm³/mol. The molecule has 4 atom stereocenters. The van der Waals surface area contributed by atoms with Crippen LogP contribution in [0.4, 0.5) is 0 Å². The maximum Gasteiger partial charge on any atom is 0.312 e. The second kappa shape index (κ2) is 6.90. The van der Waals surface area contributed by atoms with Crippen molar-refractivity contribution >= 4 is 5.97 Å². The monoisotopic (exact) mass is 285 g/mol. The number of nitrogens with two attached hydrogens (primary N) is 1. The number of rotatable bonds is 7. The minimum atomic E-state index is -0.443. The smallest absolute Gasteiger partial charge is 0.312 e. The van der Waals surface area contributed by atoms with E-state index in [2.05, 4.69) is 20.8 Å². The van der Waals surface area contributed by atoms with Gasteiger partial charge < -0.3 is 15.2 Å². The van der Waals surface area contributed by atoms with Gasteiger partial charge in [-0.15, -0.1) is 0 Å². The van der Waals surface area contributed by atoms with E-state index in [-0.39, 0.29) is 24.1 Å². The van der Waals surface area contributed by atoms with Crippen LogP contribution in [-0.2, 0) is 14.3 Å². The van der Waals surface area contributed by atoms with Crippen LogP contribution in [0.15, 0.2) is 0 Å². The molecule has 0 spiro atoms. The summed E-state index contributed by atoms with van der Waals surface area (Å²) >= 11 is 0. The summed E-state index contributed by atoms with van der Waals surface area (Å²) in [6.45, 7) is 12.7. The van der Waals surface area contributed by atoms with Crippen LogP contribution in [0, 0.1) is 17.8 Å². The van der Waals surface area contributed by atoms with Gasteiger partial charge in [-0.05, 0) is 52.0 Å². The molecule has 1 rings (SSSR count). The molecule has 0 aliphatic carbocycles. The van der Waals surface area contributed by atoms with Crippen LogP contribution >= 0.6 is 0 Å². The third kappa shape index (κ3) is 5.80. The SMILES string of the molecule is CC(C)C[C@H](C(=O)OC(C)(C)C)C1OC1CC(C)CN. The van der Waals surface area contributed by atoms with Crippen molar-refractivity contribution < 1.29 is 14.3 Å². The Morgan fingerprint density at radius 1 is 1.30 bits per heavy atom. The summed E-state index contributed by atoms with van der Waals surface area (Å²) in [5.74, 6) is 0.607. The molecule has 1 fully saturated rings. The molecule has 0 aromatic heterocycles. The van der Waals surface area contributed by atoms with Crippen molar-refractivity contribution in [2.75, 3.05) is 6.54 Å². The van der Waals surface area contributed by atoms with Gasteiger partial charge in [0.25, 0.3) is 0 Å². The molecule has 0 radical (unpaired) electrons. The van der Waals surface area contributed by atoms with Gasteiger partial charge in [0.05, 0.1) is 18.1 Å². The molecule has 118 valence electrons. The molecular formula is C16H31NO3. The maximum absolute atomic E-state index is 12.3. The molecule has 1 aliphatic rings. The first-order valence-corrected chi connectivity index (χ1v) is 7.72. The zero-order valence-corrected chi connectivity index (χ0v) is 13.8. The van der Waals surface area contributed by atoms with Crippen LogP contribution in [-0.4, -0.2) is 30.3 Å². The van der Waals surface area contributed by atoms with Crippen LogP contribution in [0.1, 0.15) is 54.4 Å². The van der Waals surface area contributed by atoms with Gasteiger partial charge in [-0.25, -0.2) is 0 Å². The number of carbonyl (C=O) groups is 1. The van der Waals surface area contributed by atoms with E-state index in [1.807, 2.05) is 20.8 Å². The fourth-order valence-corrected chi connectivity index (χ4v) is 2.44. The lowest BCUT2D eigenvalue weighted by molar-refractivity contribution is -0.161. The molecule has 1 aliphatic heterocycles. The molecule has 1 saturated heterocycles. The minimum absolute atomic E-state index is 0.0150. The van der Waals surface area contributed by atoms with Crippen molar-refractivity contribution in [2.24, 2.45) is 23.5 Å². The lowest BCUT2D eigenvalue weighted by Gasteiger charge is -2.24. The summed E-state index contributed by atoms with van der Waals surface area (Å²) in [6.07, 6.45) is 1.93. The van der Waals surface area contributed by atoms with Crippen molar-refractivity contribution in [3.05, 3.63) is 0 Å². The molecule has 3 unspecified atom stereocenters. The van der Waals surface area contributed by atoms with E-state index in [1.165, 1.54) is 0 Å². The standard InChI is InChI=1S/C16H31NO3/c1-10(2)7-12(15(18)20-16(4,5)6)14-13(19-14)8-11(3)9-17/h10-14H,7-9,17H2,1-6H3/t11?,12-,13?,14?/m0/s1. The van der Waals surface area contributed by atoms with Crippen LogP contribution in [0.3, 0.4) is 0 Å². The van der Waals surface area contributed by atoms with Crippen LogP contribution in [0.25, 0.3) is 0 Å². The van der Waals surface area contributed by atoms with E-state index in [0.29, 0.717) is 18.4 Å². The van der Waals surface area contributed by atoms with Crippen LogP contribution in [0.5, 0.6) is 0 Å². The molecule has 0 amide bonds. The molecule has 1 heterocycles. The number of hydrogen-bond donors (Lipinski definition) is 1. The molecule has 0 aromatic rings. The molecule has 4 nitrogen and oxygen atoms in total. The van der Waals surface area contributed by atoms with Gasteiger partial charge in [0.1, 0.15) is 5.60 Å². The van der Waals surface area contributed by atoms with E-state index in [9.17, 15) is 4.79 Å². The minimum Gasteiger partial charge on any atom is -0.460 e. The lowest BCUT2D eigenvalue weighted by Crippen LogP contribution is -2.32. The molecule has 0 saturated carbocycles. The number of epoxide rings is 1. The Kier molecular flexibility index (Phi) is 6.02. The summed E-state index contributed by atoms with van der Waals surface area (Å²) in [5.41, 5.74) is 5.20. The second-order valence-electron chi connectivity index (χ2n) is 7.49. The Morgan fingerprint density at radius 2 is 1.90 bits per heavy atom. The second-order valence-corrected chi connectivity index (χ2v) is 7.49. The third-order valence-corrected chi connectivity index (χ3v) is 3.49. The van der Waals surface area contributed by atoms with Crippen LogP contribution < -0.4 is 5.73 Å². The fraction of sp³-hybridized carbons (Fsp3) is 0.938. The third-order valence-electron chi connectivity index (χ3n) is 3.49. The first-order valence-electron chi connectivity index (χ1n) is 7.72. The number of ether oxygens (including phenoxy) is 2. The summed E-state index contributed by atoms with van der Waals surface area (Å²) in [5, 5.41) is 0. The highest BCUT2D eigenvalue weighted by molar-refractivity contribution is 5.74. The Balaban J connectivity index is 2.60. The van der Waals surface area contributed by atoms with Crippen molar-refractivity contribution in [1.82, 2.24) is 0 Å². The normalized spacial score (nSPS) is 25.4. The van der Waals surface area contributed by atoms with Gasteiger partial charge in [0, 0.05) is 0 Å². The van der Waals surface area contributed by atoms with Gasteiger partial charge >= 0.3 is 5.97 Å². The maximum atomic E-state index is 12.3. The first-order chi connectivity index (χ1) is 9.14. The highest BCUT2D eigenvalue weighted by Crippen LogP contribution is 2.38. The highest BCUT2D eigenvalue weighted by Gasteiger charge is 2.49. The molecule has 0 bridgehead atoms. The van der Waals surface area contributed by atoms with Gasteiger partial charge in [-0.1, -0.05) is 20.8 Å². The van der Waals surface area contributed by atoms with E-state index in [0.717, 1.165) is 12.8 Å². The Hall–Kier alpha value is -0.610. The fourth-order valence-electron chi connectivity index (χ4n) is 2.44. The van der Waals surface area contributed by atoms with Crippen molar-refractivity contribution in [3.63, 3.8) is 0 Å². The number of hydrogen-bond acceptors (Lipinski definition) is 4. The lowest BCUT2D eigenvalue weighted by atomic mass is 9.90. The average Bonchev–Trinajstić information content (AvgIpc) is 3.02. The number of carbonyl (C=O) groups excluding carboxylic acids is 1. The Bertz CT molecular complexity index is 322. The number of esters is 1. The summed E-state index contributed by atoms with van der Waals surface area (Å²) < 4.78 is 11.3. The quantitative estimate of drug-likeness (QED) is 0.577. The van der Waals surface area contributed by atoms with Crippen molar-refractivity contribution in [1.29, 1.82) is 0 Å². The topological polar surface area (TPSA) is 64.8 Å². The highest BCUT2D eigenvalue weighted by atomic mass is 16.6. The van der Waals surface area contributed by atoms with Gasteiger partial charge in [-0.2, -0.15) is 0 Å².